The van der Waals surface area contributed by atoms with E-state index in [0.717, 1.165) is 28.2 Å². The normalized spacial score (nSPS) is 10.4. The van der Waals surface area contributed by atoms with E-state index in [2.05, 4.69) is 15.6 Å². The molecule has 132 valence electrons. The van der Waals surface area contributed by atoms with Gasteiger partial charge in [0.15, 0.2) is 0 Å². The van der Waals surface area contributed by atoms with Gasteiger partial charge in [-0.2, -0.15) is 10.2 Å². The van der Waals surface area contributed by atoms with Gasteiger partial charge in [0.2, 0.25) is 5.91 Å². The number of nitrogens with one attached hydrogen (secondary N) is 1. The Kier molecular flexibility index (Phi) is 5.59. The molecule has 0 aliphatic heterocycles. The van der Waals surface area contributed by atoms with Gasteiger partial charge in [0.05, 0.1) is 18.0 Å². The lowest BCUT2D eigenvalue weighted by molar-refractivity contribution is -0.121. The monoisotopic (exact) mass is 346 g/mol. The van der Waals surface area contributed by atoms with Crippen molar-refractivity contribution < 1.29 is 4.79 Å². The van der Waals surface area contributed by atoms with Crippen LogP contribution in [0.15, 0.2) is 71.8 Å². The second-order valence-corrected chi connectivity index (χ2v) is 6.13. The van der Waals surface area contributed by atoms with Gasteiger partial charge in [-0.15, -0.1) is 0 Å². The molecule has 0 bridgehead atoms. The summed E-state index contributed by atoms with van der Waals surface area (Å²) in [5.41, 5.74) is 7.34. The molecule has 0 unspecified atom stereocenters. The molecule has 1 amide bonds. The predicted molar refractivity (Wildman–Crippen MR) is 103 cm³/mol. The molecular weight excluding hydrogens is 324 g/mol. The molecule has 0 saturated carbocycles. The number of nitrogens with zero attached hydrogens (tertiary/aromatic N) is 3. The van der Waals surface area contributed by atoms with Crippen molar-refractivity contribution in [1.29, 1.82) is 0 Å². The first-order valence-corrected chi connectivity index (χ1v) is 8.62. The predicted octanol–water partition coefficient (Wildman–Crippen LogP) is 3.46. The first kappa shape index (κ1) is 17.6. The maximum absolute atomic E-state index is 12.2. The van der Waals surface area contributed by atoms with E-state index in [-0.39, 0.29) is 5.91 Å². The molecule has 1 heterocycles. The summed E-state index contributed by atoms with van der Waals surface area (Å²) < 4.78 is 1.84. The third kappa shape index (κ3) is 4.45. The number of aryl methyl sites for hydroxylation is 3. The van der Waals surface area contributed by atoms with Crippen molar-refractivity contribution in [2.24, 2.45) is 5.10 Å². The Hall–Kier alpha value is -3.21. The van der Waals surface area contributed by atoms with Gasteiger partial charge in [-0.05, 0) is 19.9 Å². The van der Waals surface area contributed by atoms with Gasteiger partial charge >= 0.3 is 0 Å². The highest BCUT2D eigenvalue weighted by molar-refractivity contribution is 6.13. The van der Waals surface area contributed by atoms with Gasteiger partial charge in [0.25, 0.3) is 0 Å². The summed E-state index contributed by atoms with van der Waals surface area (Å²) in [5.74, 6) is -0.137. The molecule has 1 aromatic heterocycles. The number of carbonyl (C=O) groups is 1. The number of amides is 1. The van der Waals surface area contributed by atoms with Gasteiger partial charge in [-0.1, -0.05) is 60.7 Å². The van der Waals surface area contributed by atoms with Gasteiger partial charge in [0, 0.05) is 23.2 Å². The average molecular weight is 346 g/mol. The zero-order valence-electron chi connectivity index (χ0n) is 15.0. The molecule has 0 spiro atoms. The molecule has 2 aromatic carbocycles. The standard InChI is InChI=1S/C21H22N4O/c1-16-15-17(2)25(24-16)14-13-20(26)22-23-21(18-9-5-3-6-10-18)19-11-7-4-8-12-19/h3-12,15H,13-14H2,1-2H3,(H,22,26). The molecule has 0 atom stereocenters. The Bertz CT molecular complexity index is 857. The van der Waals surface area contributed by atoms with Crippen molar-refractivity contribution >= 4 is 11.6 Å². The summed E-state index contributed by atoms with van der Waals surface area (Å²) in [6.45, 7) is 4.46. The molecule has 1 N–H and O–H groups in total. The maximum atomic E-state index is 12.2. The van der Waals surface area contributed by atoms with Gasteiger partial charge < -0.3 is 0 Å². The molecule has 5 heteroatoms. The molecular formula is C21H22N4O. The summed E-state index contributed by atoms with van der Waals surface area (Å²) in [4.78, 5) is 12.2. The van der Waals surface area contributed by atoms with E-state index in [0.29, 0.717) is 13.0 Å². The number of aromatic nitrogens is 2. The number of hydrazone groups is 1. The van der Waals surface area contributed by atoms with Crippen LogP contribution in [0.2, 0.25) is 0 Å². The second kappa shape index (κ2) is 8.25. The first-order chi connectivity index (χ1) is 12.6. The van der Waals surface area contributed by atoms with Crippen LogP contribution >= 0.6 is 0 Å². The molecule has 0 radical (unpaired) electrons. The second-order valence-electron chi connectivity index (χ2n) is 6.13. The molecule has 0 fully saturated rings. The zero-order valence-corrected chi connectivity index (χ0v) is 15.0. The minimum atomic E-state index is -0.137. The van der Waals surface area contributed by atoms with Crippen LogP contribution in [0.1, 0.15) is 28.9 Å². The van der Waals surface area contributed by atoms with E-state index in [1.165, 1.54) is 0 Å². The number of hydrogen-bond donors (Lipinski definition) is 1. The Balaban J connectivity index is 1.72. The number of hydrogen-bond acceptors (Lipinski definition) is 3. The van der Waals surface area contributed by atoms with Crippen LogP contribution in [-0.2, 0) is 11.3 Å². The number of carbonyl (C=O) groups excluding carboxylic acids is 1. The lowest BCUT2D eigenvalue weighted by atomic mass is 10.0. The van der Waals surface area contributed by atoms with Gasteiger partial charge in [-0.3, -0.25) is 9.48 Å². The minimum Gasteiger partial charge on any atom is -0.273 e. The fourth-order valence-corrected chi connectivity index (χ4v) is 2.77. The number of benzene rings is 2. The van der Waals surface area contributed by atoms with Crippen molar-refractivity contribution in [3.05, 3.63) is 89.2 Å². The Labute approximate surface area is 153 Å². The van der Waals surface area contributed by atoms with Crippen LogP contribution in [0.3, 0.4) is 0 Å². The topological polar surface area (TPSA) is 59.3 Å². The fourth-order valence-electron chi connectivity index (χ4n) is 2.77. The van der Waals surface area contributed by atoms with E-state index in [4.69, 9.17) is 0 Å². The van der Waals surface area contributed by atoms with Gasteiger partial charge in [-0.25, -0.2) is 5.43 Å². The summed E-state index contributed by atoms with van der Waals surface area (Å²) in [7, 11) is 0. The molecule has 0 aliphatic rings. The molecule has 3 rings (SSSR count). The smallest absolute Gasteiger partial charge is 0.241 e. The lowest BCUT2D eigenvalue weighted by Crippen LogP contribution is -2.22. The first-order valence-electron chi connectivity index (χ1n) is 8.62. The van der Waals surface area contributed by atoms with Crippen LogP contribution in [0.25, 0.3) is 0 Å². The molecule has 0 saturated heterocycles. The highest BCUT2D eigenvalue weighted by Crippen LogP contribution is 2.10. The van der Waals surface area contributed by atoms with E-state index >= 15 is 0 Å². The van der Waals surface area contributed by atoms with E-state index < -0.39 is 0 Å². The summed E-state index contributed by atoms with van der Waals surface area (Å²) >= 11 is 0. The minimum absolute atomic E-state index is 0.137. The molecule has 26 heavy (non-hydrogen) atoms. The lowest BCUT2D eigenvalue weighted by Gasteiger charge is -2.08. The van der Waals surface area contributed by atoms with Gasteiger partial charge in [0.1, 0.15) is 0 Å². The van der Waals surface area contributed by atoms with Crippen molar-refractivity contribution in [3.8, 4) is 0 Å². The van der Waals surface area contributed by atoms with Crippen molar-refractivity contribution in [2.75, 3.05) is 0 Å². The third-order valence-corrected chi connectivity index (χ3v) is 4.04. The zero-order chi connectivity index (χ0) is 18.4. The molecule has 0 aliphatic carbocycles. The van der Waals surface area contributed by atoms with Crippen molar-refractivity contribution in [3.63, 3.8) is 0 Å². The summed E-state index contributed by atoms with van der Waals surface area (Å²) in [5, 5.41) is 8.76. The third-order valence-electron chi connectivity index (χ3n) is 4.04. The Morgan fingerprint density at radius 1 is 1.00 bits per heavy atom. The SMILES string of the molecule is Cc1cc(C)n(CCC(=O)NN=C(c2ccccc2)c2ccccc2)n1. The van der Waals surface area contributed by atoms with E-state index in [1.807, 2.05) is 85.3 Å². The Morgan fingerprint density at radius 3 is 2.08 bits per heavy atom. The molecule has 5 nitrogen and oxygen atoms in total. The quantitative estimate of drug-likeness (QED) is 0.549. The Morgan fingerprint density at radius 2 is 1.58 bits per heavy atom. The van der Waals surface area contributed by atoms with Crippen LogP contribution in [-0.4, -0.2) is 21.4 Å². The number of rotatable bonds is 6. The molecule has 3 aromatic rings. The largest absolute Gasteiger partial charge is 0.273 e. The average Bonchev–Trinajstić information content (AvgIpc) is 2.99. The van der Waals surface area contributed by atoms with Crippen LogP contribution < -0.4 is 5.43 Å². The van der Waals surface area contributed by atoms with E-state index in [9.17, 15) is 4.79 Å². The van der Waals surface area contributed by atoms with Crippen LogP contribution in [0.4, 0.5) is 0 Å². The van der Waals surface area contributed by atoms with Crippen molar-refractivity contribution in [2.45, 2.75) is 26.8 Å². The highest BCUT2D eigenvalue weighted by Gasteiger charge is 2.09. The van der Waals surface area contributed by atoms with E-state index in [1.54, 1.807) is 0 Å². The maximum Gasteiger partial charge on any atom is 0.241 e. The van der Waals surface area contributed by atoms with Crippen LogP contribution in [0, 0.1) is 13.8 Å². The summed E-state index contributed by atoms with van der Waals surface area (Å²) in [6, 6.07) is 21.7. The fraction of sp³-hybridized carbons (Fsp3) is 0.190. The highest BCUT2D eigenvalue weighted by atomic mass is 16.2. The van der Waals surface area contributed by atoms with Crippen LogP contribution in [0.5, 0.6) is 0 Å². The summed E-state index contributed by atoms with van der Waals surface area (Å²) in [6.07, 6.45) is 0.322. The van der Waals surface area contributed by atoms with Crippen molar-refractivity contribution in [1.82, 2.24) is 15.2 Å².